The molecule has 1 aliphatic rings. The van der Waals surface area contributed by atoms with Crippen LogP contribution in [0.3, 0.4) is 0 Å². The maximum atomic E-state index is 13.6. The lowest BCUT2D eigenvalue weighted by atomic mass is 10.1. The summed E-state index contributed by atoms with van der Waals surface area (Å²) in [5.74, 6) is 2.13. The maximum absolute atomic E-state index is 13.6. The van der Waals surface area contributed by atoms with Crippen LogP contribution in [0.15, 0.2) is 65.4 Å². The van der Waals surface area contributed by atoms with Gasteiger partial charge in [-0.2, -0.15) is 0 Å². The van der Waals surface area contributed by atoms with Gasteiger partial charge in [-0.1, -0.05) is 13.0 Å². The molecule has 0 saturated carbocycles. The Kier molecular flexibility index (Phi) is 5.54. The van der Waals surface area contributed by atoms with Gasteiger partial charge in [-0.3, -0.25) is 0 Å². The summed E-state index contributed by atoms with van der Waals surface area (Å²) in [7, 11) is 0. The van der Waals surface area contributed by atoms with E-state index in [9.17, 15) is 4.39 Å². The summed E-state index contributed by atoms with van der Waals surface area (Å²) in [6.45, 7) is 2.90. The number of nitrogens with zero attached hydrogens (tertiary/aromatic N) is 4. The minimum Gasteiger partial charge on any atom is -0.465 e. The number of aryl methyl sites for hydroxylation is 1. The number of benzene rings is 1. The van der Waals surface area contributed by atoms with Gasteiger partial charge in [0.1, 0.15) is 17.4 Å². The van der Waals surface area contributed by atoms with E-state index in [1.54, 1.807) is 24.6 Å². The molecule has 5 rings (SSSR count). The molecule has 32 heavy (non-hydrogen) atoms. The van der Waals surface area contributed by atoms with Crippen molar-refractivity contribution in [3.8, 4) is 22.6 Å². The van der Waals surface area contributed by atoms with Gasteiger partial charge in [-0.25, -0.2) is 19.3 Å². The number of hydrogen-bond acceptors (Lipinski definition) is 5. The van der Waals surface area contributed by atoms with E-state index in [0.717, 1.165) is 60.0 Å². The molecule has 1 N–H and O–H groups in total. The third kappa shape index (κ3) is 3.93. The molecule has 1 aromatic carbocycles. The van der Waals surface area contributed by atoms with Gasteiger partial charge in [0.05, 0.1) is 29.4 Å². The van der Waals surface area contributed by atoms with Gasteiger partial charge in [0.25, 0.3) is 0 Å². The Bertz CT molecular complexity index is 1230. The molecular weight excluding hydrogens is 405 g/mol. The highest BCUT2D eigenvalue weighted by Gasteiger charge is 2.29. The average molecular weight is 429 g/mol. The van der Waals surface area contributed by atoms with Crippen molar-refractivity contribution >= 4 is 12.0 Å². The lowest BCUT2D eigenvalue weighted by Crippen LogP contribution is -2.07. The summed E-state index contributed by atoms with van der Waals surface area (Å²) < 4.78 is 21.3. The second-order valence-corrected chi connectivity index (χ2v) is 7.77. The summed E-state index contributed by atoms with van der Waals surface area (Å²) >= 11 is 0. The molecule has 0 fully saturated rings. The molecule has 0 spiro atoms. The van der Waals surface area contributed by atoms with E-state index in [1.807, 2.05) is 24.3 Å². The molecule has 1 unspecified atom stereocenters. The molecule has 0 bridgehead atoms. The van der Waals surface area contributed by atoms with Crippen LogP contribution in [0, 0.1) is 5.82 Å². The van der Waals surface area contributed by atoms with Gasteiger partial charge >= 0.3 is 0 Å². The van der Waals surface area contributed by atoms with Crippen LogP contribution < -0.4 is 5.32 Å². The van der Waals surface area contributed by atoms with Gasteiger partial charge in [0.15, 0.2) is 0 Å². The third-order valence-corrected chi connectivity index (χ3v) is 5.55. The first-order chi connectivity index (χ1) is 15.7. The highest BCUT2D eigenvalue weighted by molar-refractivity contribution is 5.78. The molecule has 0 aliphatic carbocycles. The number of hydrogen-bond donors (Lipinski definition) is 1. The predicted octanol–water partition coefficient (Wildman–Crippen LogP) is 5.76. The lowest BCUT2D eigenvalue weighted by molar-refractivity contribution is 0.555. The highest BCUT2D eigenvalue weighted by Crippen LogP contribution is 2.40. The van der Waals surface area contributed by atoms with Crippen LogP contribution in [0.2, 0.25) is 0 Å². The van der Waals surface area contributed by atoms with E-state index < -0.39 is 0 Å². The van der Waals surface area contributed by atoms with E-state index in [-0.39, 0.29) is 11.9 Å². The molecule has 6 nitrogen and oxygen atoms in total. The summed E-state index contributed by atoms with van der Waals surface area (Å²) in [6, 6.07) is 12.3. The van der Waals surface area contributed by atoms with Crippen molar-refractivity contribution in [1.29, 1.82) is 0 Å². The van der Waals surface area contributed by atoms with Crippen LogP contribution in [0.4, 0.5) is 10.3 Å². The minimum atomic E-state index is -0.269. The molecule has 0 radical (unpaired) electrons. The van der Waals surface area contributed by atoms with Crippen LogP contribution in [0.1, 0.15) is 37.4 Å². The topological polar surface area (TPSA) is 68.8 Å². The number of aromatic nitrogens is 4. The molecule has 4 heterocycles. The van der Waals surface area contributed by atoms with E-state index in [0.29, 0.717) is 5.95 Å². The van der Waals surface area contributed by atoms with Crippen molar-refractivity contribution in [3.05, 3.63) is 78.4 Å². The zero-order valence-corrected chi connectivity index (χ0v) is 17.8. The first kappa shape index (κ1) is 20.2. The molecule has 162 valence electrons. The molecule has 4 aromatic rings. The minimum absolute atomic E-state index is 0.119. The smallest absolute Gasteiger partial charge is 0.223 e. The monoisotopic (exact) mass is 429 g/mol. The van der Waals surface area contributed by atoms with Crippen LogP contribution in [0.5, 0.6) is 0 Å². The number of rotatable bonds is 7. The highest BCUT2D eigenvalue weighted by atomic mass is 19.1. The molecule has 3 aromatic heterocycles. The first-order valence-corrected chi connectivity index (χ1v) is 10.9. The van der Waals surface area contributed by atoms with Crippen LogP contribution >= 0.6 is 0 Å². The van der Waals surface area contributed by atoms with E-state index in [1.165, 1.54) is 12.1 Å². The largest absolute Gasteiger partial charge is 0.465 e. The maximum Gasteiger partial charge on any atom is 0.223 e. The molecule has 7 heteroatoms. The van der Waals surface area contributed by atoms with E-state index in [4.69, 9.17) is 14.4 Å². The summed E-state index contributed by atoms with van der Waals surface area (Å²) in [5.41, 5.74) is 3.37. The van der Waals surface area contributed by atoms with Crippen molar-refractivity contribution < 1.29 is 8.81 Å². The summed E-state index contributed by atoms with van der Waals surface area (Å²) in [4.78, 5) is 14.1. The fourth-order valence-corrected chi connectivity index (χ4v) is 4.06. The average Bonchev–Trinajstić information content (AvgIpc) is 3.54. The Hall–Kier alpha value is -3.74. The Morgan fingerprint density at radius 1 is 1.19 bits per heavy atom. The second kappa shape index (κ2) is 8.78. The van der Waals surface area contributed by atoms with Gasteiger partial charge < -0.3 is 14.3 Å². The van der Waals surface area contributed by atoms with Crippen molar-refractivity contribution in [1.82, 2.24) is 19.5 Å². The Morgan fingerprint density at radius 2 is 2.06 bits per heavy atom. The number of imidazole rings is 1. The van der Waals surface area contributed by atoms with Crippen molar-refractivity contribution in [2.24, 2.45) is 0 Å². The van der Waals surface area contributed by atoms with E-state index >= 15 is 0 Å². The van der Waals surface area contributed by atoms with Crippen molar-refractivity contribution in [2.45, 2.75) is 32.2 Å². The first-order valence-electron chi connectivity index (χ1n) is 10.9. The fraction of sp³-hybridized carbons (Fsp3) is 0.240. The number of allylic oxidation sites excluding steroid dienone is 1. The van der Waals surface area contributed by atoms with Crippen LogP contribution in [-0.4, -0.2) is 26.1 Å². The van der Waals surface area contributed by atoms with Crippen molar-refractivity contribution in [3.63, 3.8) is 0 Å². The van der Waals surface area contributed by atoms with Crippen LogP contribution in [0.25, 0.3) is 28.7 Å². The molecule has 1 atom stereocenters. The molecular formula is C25H24FN5O. The standard InChI is InChI=1S/C25H24FN5O/c1-2-14-27-25-28-15-13-21(29-25)24-23(17-5-7-18(26)8-6-17)30-22-12-10-19(31(22)24)9-11-20-4-3-16-32-20/h3-9,11,13,15-16,19H,2,10,12,14H2,1H3,(H,27,28,29). The number of nitrogens with one attached hydrogen (secondary N) is 1. The SMILES string of the molecule is CCCNc1nccc(-c2c(-c3ccc(F)cc3)nc3n2C(C=Cc2ccco2)CC3)n1. The quantitative estimate of drug-likeness (QED) is 0.404. The number of anilines is 1. The van der Waals surface area contributed by atoms with Gasteiger partial charge in [0.2, 0.25) is 5.95 Å². The zero-order valence-electron chi connectivity index (χ0n) is 17.8. The molecule has 0 saturated heterocycles. The number of fused-ring (bicyclic) bond motifs is 1. The second-order valence-electron chi connectivity index (χ2n) is 7.77. The van der Waals surface area contributed by atoms with Gasteiger partial charge in [-0.05, 0) is 61.4 Å². The van der Waals surface area contributed by atoms with Crippen LogP contribution in [-0.2, 0) is 6.42 Å². The van der Waals surface area contributed by atoms with Gasteiger partial charge in [-0.15, -0.1) is 0 Å². The Labute approximate surface area is 185 Å². The Morgan fingerprint density at radius 3 is 2.84 bits per heavy atom. The fourth-order valence-electron chi connectivity index (χ4n) is 4.06. The third-order valence-electron chi connectivity index (χ3n) is 5.55. The molecule has 0 amide bonds. The zero-order chi connectivity index (χ0) is 21.9. The normalized spacial score (nSPS) is 15.4. The van der Waals surface area contributed by atoms with Gasteiger partial charge in [0, 0.05) is 24.7 Å². The lowest BCUT2D eigenvalue weighted by Gasteiger charge is -2.15. The van der Waals surface area contributed by atoms with E-state index in [2.05, 4.69) is 27.9 Å². The number of halogens is 1. The Balaban J connectivity index is 1.62. The summed E-state index contributed by atoms with van der Waals surface area (Å²) in [6.07, 6.45) is 10.4. The van der Waals surface area contributed by atoms with Crippen molar-refractivity contribution in [2.75, 3.05) is 11.9 Å². The predicted molar refractivity (Wildman–Crippen MR) is 123 cm³/mol. The summed E-state index contributed by atoms with van der Waals surface area (Å²) in [5, 5.41) is 3.26. The number of furan rings is 1. The molecule has 1 aliphatic heterocycles.